The number of allylic oxidation sites excluding steroid dienone is 1. The Morgan fingerprint density at radius 1 is 1.64 bits per heavy atom. The van der Waals surface area contributed by atoms with Gasteiger partial charge in [0.1, 0.15) is 0 Å². The van der Waals surface area contributed by atoms with Crippen LogP contribution in [0.3, 0.4) is 0 Å². The number of hydrogen-bond acceptors (Lipinski definition) is 3. The van der Waals surface area contributed by atoms with Crippen LogP contribution in [-0.4, -0.2) is 38.8 Å². The van der Waals surface area contributed by atoms with Gasteiger partial charge in [0.2, 0.25) is 5.91 Å². The minimum atomic E-state index is -0.122. The summed E-state index contributed by atoms with van der Waals surface area (Å²) in [6.45, 7) is 0.783. The summed E-state index contributed by atoms with van der Waals surface area (Å²) in [5.74, 6) is 0.408. The largest absolute Gasteiger partial charge is 0.358 e. The molecule has 0 aliphatic carbocycles. The van der Waals surface area contributed by atoms with Crippen LogP contribution in [0.25, 0.3) is 0 Å². The lowest BCUT2D eigenvalue weighted by molar-refractivity contribution is -0.122. The number of amides is 1. The van der Waals surface area contributed by atoms with Crippen molar-refractivity contribution in [3.05, 3.63) is 12.2 Å². The summed E-state index contributed by atoms with van der Waals surface area (Å²) in [7, 11) is 3.46. The maximum absolute atomic E-state index is 11.4. The lowest BCUT2D eigenvalue weighted by Crippen LogP contribution is -2.42. The Labute approximate surface area is 84.5 Å². The molecule has 1 amide bonds. The van der Waals surface area contributed by atoms with Gasteiger partial charge in [-0.15, -0.1) is 0 Å². The van der Waals surface area contributed by atoms with E-state index in [4.69, 9.17) is 0 Å². The molecule has 0 aromatic heterocycles. The van der Waals surface area contributed by atoms with Crippen molar-refractivity contribution >= 4 is 12.1 Å². The van der Waals surface area contributed by atoms with Crippen LogP contribution in [0.1, 0.15) is 6.42 Å². The first kappa shape index (κ1) is 10.9. The molecule has 0 fully saturated rings. The van der Waals surface area contributed by atoms with Crippen molar-refractivity contribution < 1.29 is 4.79 Å². The van der Waals surface area contributed by atoms with Gasteiger partial charge in [-0.05, 0) is 25.5 Å². The molecule has 1 heterocycles. The Hall–Kier alpha value is -1.16. The zero-order chi connectivity index (χ0) is 10.4. The molecule has 0 bridgehead atoms. The van der Waals surface area contributed by atoms with Crippen molar-refractivity contribution in [3.8, 4) is 0 Å². The first-order chi connectivity index (χ1) is 6.77. The number of rotatable bonds is 4. The van der Waals surface area contributed by atoms with Gasteiger partial charge in [-0.3, -0.25) is 9.79 Å². The van der Waals surface area contributed by atoms with Crippen LogP contribution in [-0.2, 0) is 4.79 Å². The Morgan fingerprint density at radius 3 is 2.93 bits per heavy atom. The fourth-order valence-electron chi connectivity index (χ4n) is 1.51. The van der Waals surface area contributed by atoms with Crippen molar-refractivity contribution in [3.63, 3.8) is 0 Å². The third kappa shape index (κ3) is 2.96. The molecule has 0 saturated heterocycles. The summed E-state index contributed by atoms with van der Waals surface area (Å²) in [5.41, 5.74) is 0. The van der Waals surface area contributed by atoms with Crippen molar-refractivity contribution in [2.45, 2.75) is 12.5 Å². The van der Waals surface area contributed by atoms with Crippen LogP contribution in [0.2, 0.25) is 0 Å². The third-order valence-electron chi connectivity index (χ3n) is 2.36. The Bertz CT molecular complexity index is 248. The van der Waals surface area contributed by atoms with Crippen LogP contribution in [0.5, 0.6) is 0 Å². The fourth-order valence-corrected chi connectivity index (χ4v) is 1.51. The first-order valence-corrected chi connectivity index (χ1v) is 4.83. The summed E-state index contributed by atoms with van der Waals surface area (Å²) >= 11 is 0. The summed E-state index contributed by atoms with van der Waals surface area (Å²) < 4.78 is 0. The fraction of sp³-hybridized carbons (Fsp3) is 0.600. The molecule has 2 N–H and O–H groups in total. The molecule has 1 rings (SSSR count). The zero-order valence-electron chi connectivity index (χ0n) is 8.66. The summed E-state index contributed by atoms with van der Waals surface area (Å²) in [6, 6.07) is -0.122. The number of carbonyl (C=O) groups is 1. The van der Waals surface area contributed by atoms with Gasteiger partial charge in [-0.2, -0.15) is 0 Å². The van der Waals surface area contributed by atoms with Crippen molar-refractivity contribution in [1.29, 1.82) is 0 Å². The highest BCUT2D eigenvalue weighted by molar-refractivity contribution is 5.81. The lowest BCUT2D eigenvalue weighted by Gasteiger charge is -2.19. The number of nitrogens with zero attached hydrogens (tertiary/aromatic N) is 1. The second kappa shape index (κ2) is 5.54. The van der Waals surface area contributed by atoms with Crippen molar-refractivity contribution in [1.82, 2.24) is 10.6 Å². The monoisotopic (exact) mass is 195 g/mol. The van der Waals surface area contributed by atoms with E-state index in [1.165, 1.54) is 0 Å². The molecule has 14 heavy (non-hydrogen) atoms. The van der Waals surface area contributed by atoms with Gasteiger partial charge >= 0.3 is 0 Å². The minimum absolute atomic E-state index is 0.0375. The topological polar surface area (TPSA) is 53.5 Å². The van der Waals surface area contributed by atoms with Gasteiger partial charge in [-0.25, -0.2) is 0 Å². The van der Waals surface area contributed by atoms with Crippen molar-refractivity contribution in [2.24, 2.45) is 10.9 Å². The van der Waals surface area contributed by atoms with E-state index in [2.05, 4.69) is 21.7 Å². The SMILES string of the molecule is CNC(=O)C(CC1C=CC=NC1)NC. The van der Waals surface area contributed by atoms with Crippen LogP contribution in [0.15, 0.2) is 17.1 Å². The molecule has 4 heteroatoms. The first-order valence-electron chi connectivity index (χ1n) is 4.83. The predicted octanol–water partition coefficient (Wildman–Crippen LogP) is -0.0327. The highest BCUT2D eigenvalue weighted by atomic mass is 16.2. The quantitative estimate of drug-likeness (QED) is 0.661. The van der Waals surface area contributed by atoms with E-state index < -0.39 is 0 Å². The number of dihydropyridines is 1. The van der Waals surface area contributed by atoms with Crippen molar-refractivity contribution in [2.75, 3.05) is 20.6 Å². The molecule has 1 aliphatic heterocycles. The Kier molecular flexibility index (Phi) is 4.32. The Balaban J connectivity index is 2.44. The van der Waals surface area contributed by atoms with E-state index in [1.807, 2.05) is 6.08 Å². The molecule has 78 valence electrons. The molecular weight excluding hydrogens is 178 g/mol. The van der Waals surface area contributed by atoms with Crippen LogP contribution in [0.4, 0.5) is 0 Å². The average Bonchev–Trinajstić information content (AvgIpc) is 2.26. The molecule has 0 saturated carbocycles. The van der Waals surface area contributed by atoms with Gasteiger partial charge in [0.05, 0.1) is 6.04 Å². The second-order valence-electron chi connectivity index (χ2n) is 3.35. The van der Waals surface area contributed by atoms with E-state index in [-0.39, 0.29) is 11.9 Å². The molecule has 0 aromatic carbocycles. The number of carbonyl (C=O) groups excluding carboxylic acids is 1. The minimum Gasteiger partial charge on any atom is -0.358 e. The predicted molar refractivity (Wildman–Crippen MR) is 57.5 cm³/mol. The van der Waals surface area contributed by atoms with E-state index in [9.17, 15) is 4.79 Å². The molecule has 0 radical (unpaired) electrons. The number of nitrogens with one attached hydrogen (secondary N) is 2. The molecule has 2 atom stereocenters. The molecule has 0 aromatic rings. The lowest BCUT2D eigenvalue weighted by atomic mass is 9.98. The van der Waals surface area contributed by atoms with E-state index in [0.29, 0.717) is 5.92 Å². The highest BCUT2D eigenvalue weighted by Gasteiger charge is 2.19. The van der Waals surface area contributed by atoms with Gasteiger partial charge in [0.15, 0.2) is 0 Å². The van der Waals surface area contributed by atoms with E-state index in [1.54, 1.807) is 20.3 Å². The maximum Gasteiger partial charge on any atom is 0.236 e. The highest BCUT2D eigenvalue weighted by Crippen LogP contribution is 2.11. The molecule has 2 unspecified atom stereocenters. The standard InChI is InChI=1S/C10H17N3O/c1-11-9(10(14)12-2)6-8-4-3-5-13-7-8/h3-5,8-9,11H,6-7H2,1-2H3,(H,12,14). The Morgan fingerprint density at radius 2 is 2.43 bits per heavy atom. The molecule has 0 spiro atoms. The van der Waals surface area contributed by atoms with E-state index in [0.717, 1.165) is 13.0 Å². The smallest absolute Gasteiger partial charge is 0.236 e. The summed E-state index contributed by atoms with van der Waals surface area (Å²) in [4.78, 5) is 15.5. The molecule has 4 nitrogen and oxygen atoms in total. The normalized spacial score (nSPS) is 22.0. The van der Waals surface area contributed by atoms with Crippen LogP contribution in [0, 0.1) is 5.92 Å². The summed E-state index contributed by atoms with van der Waals surface area (Å²) in [5, 5.41) is 5.64. The number of aliphatic imine (C=N–C) groups is 1. The second-order valence-corrected chi connectivity index (χ2v) is 3.35. The summed E-state index contributed by atoms with van der Waals surface area (Å²) in [6.07, 6.45) is 6.62. The zero-order valence-corrected chi connectivity index (χ0v) is 8.66. The van der Waals surface area contributed by atoms with Gasteiger partial charge in [0.25, 0.3) is 0 Å². The number of hydrogen-bond donors (Lipinski definition) is 2. The van der Waals surface area contributed by atoms with Gasteiger partial charge < -0.3 is 10.6 Å². The number of likely N-dealkylation sites (N-methyl/N-ethyl adjacent to an activating group) is 2. The van der Waals surface area contributed by atoms with Crippen LogP contribution < -0.4 is 10.6 Å². The molecule has 1 aliphatic rings. The maximum atomic E-state index is 11.4. The van der Waals surface area contributed by atoms with Crippen LogP contribution >= 0.6 is 0 Å². The third-order valence-corrected chi connectivity index (χ3v) is 2.36. The molecular formula is C10H17N3O. The van der Waals surface area contributed by atoms with E-state index >= 15 is 0 Å². The average molecular weight is 195 g/mol. The van der Waals surface area contributed by atoms with Gasteiger partial charge in [-0.1, -0.05) is 6.08 Å². The van der Waals surface area contributed by atoms with Gasteiger partial charge in [0, 0.05) is 19.8 Å².